The highest BCUT2D eigenvalue weighted by Gasteiger charge is 2.20. The normalized spacial score (nSPS) is 21.4. The Kier molecular flexibility index (Phi) is 6.57. The molecule has 0 saturated heterocycles. The second kappa shape index (κ2) is 8.87. The second-order valence-electron chi connectivity index (χ2n) is 5.74. The number of phenols is 2. The van der Waals surface area contributed by atoms with E-state index in [-0.39, 0.29) is 23.7 Å². The summed E-state index contributed by atoms with van der Waals surface area (Å²) >= 11 is 0. The Hall–Kier alpha value is -2.82. The Balaban J connectivity index is 2.42. The summed E-state index contributed by atoms with van der Waals surface area (Å²) in [4.78, 5) is 16.6. The number of aliphatic imine (C=N–C) groups is 1. The van der Waals surface area contributed by atoms with Gasteiger partial charge in [-0.25, -0.2) is 4.79 Å². The van der Waals surface area contributed by atoms with Crippen LogP contribution in [0.3, 0.4) is 0 Å². The molecule has 2 N–H and O–H groups in total. The SMILES string of the molecule is C=C/C1=C\CC/C=C/C(=N\C)Cc2cc(O)cc(O)c2C(=O)OCC1. The molecule has 1 heterocycles. The highest BCUT2D eigenvalue weighted by atomic mass is 16.5. The van der Waals surface area contributed by atoms with Crippen molar-refractivity contribution < 1.29 is 19.7 Å². The average molecular weight is 341 g/mol. The number of ether oxygens (including phenoxy) is 1. The molecule has 0 atom stereocenters. The van der Waals surface area contributed by atoms with Gasteiger partial charge < -0.3 is 14.9 Å². The van der Waals surface area contributed by atoms with E-state index in [1.54, 1.807) is 13.1 Å². The maximum absolute atomic E-state index is 12.4. The fourth-order valence-corrected chi connectivity index (χ4v) is 2.66. The topological polar surface area (TPSA) is 79.1 Å². The van der Waals surface area contributed by atoms with Gasteiger partial charge in [0.2, 0.25) is 0 Å². The Morgan fingerprint density at radius 2 is 2.08 bits per heavy atom. The van der Waals surface area contributed by atoms with Gasteiger partial charge in [0, 0.05) is 31.7 Å². The Labute approximate surface area is 147 Å². The highest BCUT2D eigenvalue weighted by molar-refractivity contribution is 6.00. The smallest absolute Gasteiger partial charge is 0.342 e. The van der Waals surface area contributed by atoms with E-state index in [4.69, 9.17) is 4.74 Å². The molecule has 2 rings (SSSR count). The van der Waals surface area contributed by atoms with Crippen LogP contribution in [0.5, 0.6) is 11.5 Å². The van der Waals surface area contributed by atoms with Crippen molar-refractivity contribution in [3.05, 3.63) is 59.7 Å². The Morgan fingerprint density at radius 3 is 2.80 bits per heavy atom. The van der Waals surface area contributed by atoms with Crippen molar-refractivity contribution in [2.24, 2.45) is 4.99 Å². The lowest BCUT2D eigenvalue weighted by molar-refractivity contribution is 0.0505. The molecular formula is C20H23NO4. The molecule has 0 unspecified atom stereocenters. The molecule has 1 aromatic rings. The lowest BCUT2D eigenvalue weighted by atomic mass is 9.99. The molecule has 5 heteroatoms. The maximum Gasteiger partial charge on any atom is 0.342 e. The second-order valence-corrected chi connectivity index (χ2v) is 5.74. The van der Waals surface area contributed by atoms with Gasteiger partial charge in [0.15, 0.2) is 0 Å². The number of phenolic OH excluding ortho intramolecular Hbond substituents is 2. The third-order valence-electron chi connectivity index (χ3n) is 3.98. The van der Waals surface area contributed by atoms with Crippen molar-refractivity contribution in [2.75, 3.05) is 13.7 Å². The van der Waals surface area contributed by atoms with Crippen LogP contribution in [-0.2, 0) is 11.2 Å². The molecule has 0 fully saturated rings. The van der Waals surface area contributed by atoms with Crippen LogP contribution >= 0.6 is 0 Å². The van der Waals surface area contributed by atoms with Crippen molar-refractivity contribution in [3.63, 3.8) is 0 Å². The first-order valence-corrected chi connectivity index (χ1v) is 8.20. The van der Waals surface area contributed by atoms with Crippen molar-refractivity contribution >= 4 is 11.7 Å². The molecule has 1 aliphatic rings. The van der Waals surface area contributed by atoms with Crippen LogP contribution in [0.1, 0.15) is 35.2 Å². The van der Waals surface area contributed by atoms with Gasteiger partial charge in [-0.3, -0.25) is 4.99 Å². The first-order valence-electron chi connectivity index (χ1n) is 8.20. The summed E-state index contributed by atoms with van der Waals surface area (Å²) in [7, 11) is 1.67. The van der Waals surface area contributed by atoms with Gasteiger partial charge in [-0.05, 0) is 36.1 Å². The number of aromatic hydroxyl groups is 2. The third-order valence-corrected chi connectivity index (χ3v) is 3.98. The van der Waals surface area contributed by atoms with Crippen LogP contribution in [0.15, 0.2) is 53.6 Å². The van der Waals surface area contributed by atoms with Gasteiger partial charge in [0.25, 0.3) is 0 Å². The van der Waals surface area contributed by atoms with Crippen molar-refractivity contribution in [1.29, 1.82) is 0 Å². The number of esters is 1. The standard InChI is InChI=1S/C20H23NO4/c1-3-14-7-5-4-6-8-16(21-2)11-15-12-17(22)13-18(23)19(15)20(24)25-10-9-14/h3,6-8,12-13,22-23H,1,4-5,9-11H2,2H3/b8-6+,14-7+,21-16+. The average Bonchev–Trinajstić information content (AvgIpc) is 2.57. The molecule has 1 aromatic carbocycles. The zero-order valence-electron chi connectivity index (χ0n) is 14.4. The summed E-state index contributed by atoms with van der Waals surface area (Å²) in [6.07, 6.45) is 10.3. The summed E-state index contributed by atoms with van der Waals surface area (Å²) < 4.78 is 5.31. The first-order chi connectivity index (χ1) is 12.0. The van der Waals surface area contributed by atoms with Crippen LogP contribution < -0.4 is 0 Å². The molecule has 0 aromatic heterocycles. The van der Waals surface area contributed by atoms with Crippen LogP contribution in [-0.4, -0.2) is 35.5 Å². The van der Waals surface area contributed by atoms with Gasteiger partial charge in [0.1, 0.15) is 17.1 Å². The number of rotatable bonds is 1. The van der Waals surface area contributed by atoms with E-state index < -0.39 is 5.97 Å². The van der Waals surface area contributed by atoms with Gasteiger partial charge in [0.05, 0.1) is 6.61 Å². The molecule has 1 aliphatic heterocycles. The Bertz CT molecular complexity index is 744. The lowest BCUT2D eigenvalue weighted by Gasteiger charge is -2.13. The number of fused-ring (bicyclic) bond motifs is 1. The molecule has 0 spiro atoms. The summed E-state index contributed by atoms with van der Waals surface area (Å²) in [5, 5.41) is 19.9. The molecular weight excluding hydrogens is 318 g/mol. The zero-order chi connectivity index (χ0) is 18.2. The van der Waals surface area contributed by atoms with Crippen LogP contribution in [0.25, 0.3) is 0 Å². The highest BCUT2D eigenvalue weighted by Crippen LogP contribution is 2.29. The predicted molar refractivity (Wildman–Crippen MR) is 98.4 cm³/mol. The van der Waals surface area contributed by atoms with Gasteiger partial charge in [-0.15, -0.1) is 0 Å². The zero-order valence-corrected chi connectivity index (χ0v) is 14.4. The van der Waals surface area contributed by atoms with E-state index in [9.17, 15) is 15.0 Å². The monoisotopic (exact) mass is 341 g/mol. The van der Waals surface area contributed by atoms with Crippen LogP contribution in [0.2, 0.25) is 0 Å². The minimum absolute atomic E-state index is 0.0635. The van der Waals surface area contributed by atoms with Crippen LogP contribution in [0.4, 0.5) is 0 Å². The number of allylic oxidation sites excluding steroid dienone is 4. The first kappa shape index (κ1) is 18.5. The number of benzene rings is 1. The number of carbonyl (C=O) groups is 1. The largest absolute Gasteiger partial charge is 0.508 e. The predicted octanol–water partition coefficient (Wildman–Crippen LogP) is 3.72. The van der Waals surface area contributed by atoms with E-state index in [1.807, 2.05) is 12.2 Å². The molecule has 0 bridgehead atoms. The van der Waals surface area contributed by atoms with E-state index in [0.29, 0.717) is 18.4 Å². The quantitative estimate of drug-likeness (QED) is 0.763. The Morgan fingerprint density at radius 1 is 1.28 bits per heavy atom. The molecule has 5 nitrogen and oxygen atoms in total. The van der Waals surface area contributed by atoms with E-state index in [1.165, 1.54) is 6.07 Å². The fraction of sp³-hybridized carbons (Fsp3) is 0.300. The van der Waals surface area contributed by atoms with Crippen molar-refractivity contribution in [2.45, 2.75) is 25.7 Å². The lowest BCUT2D eigenvalue weighted by Crippen LogP contribution is -2.12. The fourth-order valence-electron chi connectivity index (χ4n) is 2.66. The molecule has 0 saturated carbocycles. The minimum Gasteiger partial charge on any atom is -0.508 e. The van der Waals surface area contributed by atoms with E-state index in [2.05, 4.69) is 17.6 Å². The molecule has 132 valence electrons. The number of carbonyl (C=O) groups excluding carboxylic acids is 1. The maximum atomic E-state index is 12.4. The number of nitrogens with zero attached hydrogens (tertiary/aromatic N) is 1. The van der Waals surface area contributed by atoms with E-state index in [0.717, 1.165) is 30.2 Å². The summed E-state index contributed by atoms with van der Waals surface area (Å²) in [5.41, 5.74) is 2.29. The van der Waals surface area contributed by atoms with Gasteiger partial charge >= 0.3 is 5.97 Å². The molecule has 0 radical (unpaired) electrons. The third kappa shape index (κ3) is 5.08. The van der Waals surface area contributed by atoms with Crippen molar-refractivity contribution in [1.82, 2.24) is 0 Å². The number of cyclic esters (lactones) is 1. The molecule has 0 aliphatic carbocycles. The molecule has 0 amide bonds. The number of hydrogen-bond donors (Lipinski definition) is 2. The van der Waals surface area contributed by atoms with Gasteiger partial charge in [-0.2, -0.15) is 0 Å². The van der Waals surface area contributed by atoms with Crippen molar-refractivity contribution in [3.8, 4) is 11.5 Å². The van der Waals surface area contributed by atoms with Crippen LogP contribution in [0, 0.1) is 0 Å². The summed E-state index contributed by atoms with van der Waals surface area (Å²) in [5.74, 6) is -1.03. The minimum atomic E-state index is -0.618. The van der Waals surface area contributed by atoms with E-state index >= 15 is 0 Å². The molecule has 25 heavy (non-hydrogen) atoms. The number of hydrogen-bond acceptors (Lipinski definition) is 5. The summed E-state index contributed by atoms with van der Waals surface area (Å²) in [6, 6.07) is 2.59. The summed E-state index contributed by atoms with van der Waals surface area (Å²) in [6.45, 7) is 3.97. The van der Waals surface area contributed by atoms with Gasteiger partial charge in [-0.1, -0.05) is 24.8 Å².